The summed E-state index contributed by atoms with van der Waals surface area (Å²) in [5.74, 6) is -2.73. The van der Waals surface area contributed by atoms with E-state index < -0.39 is 29.5 Å². The summed E-state index contributed by atoms with van der Waals surface area (Å²) in [7, 11) is 0. The Balaban J connectivity index is 1.65. The van der Waals surface area contributed by atoms with Gasteiger partial charge < -0.3 is 4.74 Å². The van der Waals surface area contributed by atoms with Gasteiger partial charge in [0, 0.05) is 5.56 Å². The van der Waals surface area contributed by atoms with Crippen LogP contribution < -0.4 is 15.0 Å². The van der Waals surface area contributed by atoms with Crippen LogP contribution in [0.1, 0.15) is 11.1 Å². The Kier molecular flexibility index (Phi) is 5.76. The van der Waals surface area contributed by atoms with Gasteiger partial charge >= 0.3 is 6.03 Å². The van der Waals surface area contributed by atoms with E-state index in [1.165, 1.54) is 36.4 Å². The maximum absolute atomic E-state index is 14.2. The second kappa shape index (κ2) is 8.81. The first-order valence-electron chi connectivity index (χ1n) is 9.56. The summed E-state index contributed by atoms with van der Waals surface area (Å²) in [5, 5.41) is 2.05. The van der Waals surface area contributed by atoms with E-state index >= 15 is 0 Å². The first-order valence-corrected chi connectivity index (χ1v) is 9.56. The number of urea groups is 1. The fraction of sp³-hybridized carbons (Fsp3) is 0.0417. The lowest BCUT2D eigenvalue weighted by molar-refractivity contribution is -0.122. The fourth-order valence-corrected chi connectivity index (χ4v) is 3.18. The van der Waals surface area contributed by atoms with Crippen molar-refractivity contribution in [2.45, 2.75) is 6.61 Å². The molecule has 1 N–H and O–H groups in total. The van der Waals surface area contributed by atoms with Gasteiger partial charge in [-0.2, -0.15) is 0 Å². The molecular weight excluding hydrogens is 418 g/mol. The van der Waals surface area contributed by atoms with Gasteiger partial charge in [-0.05, 0) is 42.0 Å². The van der Waals surface area contributed by atoms with E-state index in [9.17, 15) is 23.2 Å². The van der Waals surface area contributed by atoms with Crippen LogP contribution in [0.25, 0.3) is 6.08 Å². The second-order valence-corrected chi connectivity index (χ2v) is 6.87. The lowest BCUT2D eigenvalue weighted by Crippen LogP contribution is -2.54. The second-order valence-electron chi connectivity index (χ2n) is 6.87. The monoisotopic (exact) mass is 434 g/mol. The highest BCUT2D eigenvalue weighted by Gasteiger charge is 2.38. The number of amides is 4. The molecule has 1 aliphatic rings. The number of imide groups is 2. The number of carbonyl (C=O) groups is 3. The molecule has 0 unspecified atom stereocenters. The van der Waals surface area contributed by atoms with Crippen molar-refractivity contribution in [3.63, 3.8) is 0 Å². The van der Waals surface area contributed by atoms with Crippen molar-refractivity contribution in [2.24, 2.45) is 0 Å². The molecule has 1 heterocycles. The summed E-state index contributed by atoms with van der Waals surface area (Å²) < 4.78 is 33.3. The van der Waals surface area contributed by atoms with Crippen molar-refractivity contribution in [1.82, 2.24) is 5.32 Å². The summed E-state index contributed by atoms with van der Waals surface area (Å²) in [5.41, 5.74) is 0.333. The number of nitrogens with zero attached hydrogens (tertiary/aromatic N) is 1. The molecule has 4 amide bonds. The standard InChI is InChI=1S/C24H16F2N2O4/c25-17-8-5-6-15(12-17)14-32-21-11-4-1-7-16(21)13-18-22(29)27-24(31)28(23(18)30)20-10-3-2-9-19(20)26/h1-13H,14H2,(H,27,29,31)/b18-13-. The lowest BCUT2D eigenvalue weighted by Gasteiger charge is -2.26. The molecule has 1 saturated heterocycles. The van der Waals surface area contributed by atoms with Gasteiger partial charge in [0.2, 0.25) is 0 Å². The minimum Gasteiger partial charge on any atom is -0.488 e. The van der Waals surface area contributed by atoms with E-state index in [0.29, 0.717) is 21.8 Å². The van der Waals surface area contributed by atoms with Gasteiger partial charge in [-0.15, -0.1) is 0 Å². The topological polar surface area (TPSA) is 75.7 Å². The van der Waals surface area contributed by atoms with Crippen molar-refractivity contribution in [1.29, 1.82) is 0 Å². The number of hydrogen-bond acceptors (Lipinski definition) is 4. The predicted octanol–water partition coefficient (Wildman–Crippen LogP) is 4.21. The van der Waals surface area contributed by atoms with Gasteiger partial charge in [0.15, 0.2) is 0 Å². The minimum atomic E-state index is -1.04. The molecule has 0 aliphatic carbocycles. The number of anilines is 1. The number of rotatable bonds is 5. The quantitative estimate of drug-likeness (QED) is 0.482. The fourth-order valence-electron chi connectivity index (χ4n) is 3.18. The minimum absolute atomic E-state index is 0.0535. The molecule has 0 saturated carbocycles. The SMILES string of the molecule is O=C1NC(=O)N(c2ccccc2F)C(=O)/C1=C\c1ccccc1OCc1cccc(F)c1. The number of halogens is 2. The molecule has 8 heteroatoms. The van der Waals surface area contributed by atoms with Crippen molar-refractivity contribution in [3.8, 4) is 5.75 Å². The number of carbonyl (C=O) groups excluding carboxylic acids is 3. The first kappa shape index (κ1) is 20.9. The molecule has 3 aromatic carbocycles. The van der Waals surface area contributed by atoms with Crippen LogP contribution in [0, 0.1) is 11.6 Å². The van der Waals surface area contributed by atoms with Gasteiger partial charge in [0.1, 0.15) is 29.6 Å². The highest BCUT2D eigenvalue weighted by atomic mass is 19.1. The van der Waals surface area contributed by atoms with Crippen LogP contribution >= 0.6 is 0 Å². The smallest absolute Gasteiger partial charge is 0.336 e. The Morgan fingerprint density at radius 2 is 1.66 bits per heavy atom. The Morgan fingerprint density at radius 1 is 0.906 bits per heavy atom. The Labute approximate surface area is 181 Å². The van der Waals surface area contributed by atoms with Gasteiger partial charge in [-0.25, -0.2) is 18.5 Å². The van der Waals surface area contributed by atoms with Crippen LogP contribution in [-0.2, 0) is 16.2 Å². The van der Waals surface area contributed by atoms with Crippen molar-refractivity contribution < 1.29 is 27.9 Å². The zero-order valence-electron chi connectivity index (χ0n) is 16.5. The third-order valence-corrected chi connectivity index (χ3v) is 4.70. The molecule has 0 spiro atoms. The Bertz CT molecular complexity index is 1260. The molecule has 160 valence electrons. The average Bonchev–Trinajstić information content (AvgIpc) is 2.77. The normalized spacial score (nSPS) is 15.1. The number of nitrogens with one attached hydrogen (secondary N) is 1. The summed E-state index contributed by atoms with van der Waals surface area (Å²) in [6, 6.07) is 16.7. The van der Waals surface area contributed by atoms with Crippen LogP contribution in [-0.4, -0.2) is 17.8 Å². The van der Waals surface area contributed by atoms with Gasteiger partial charge in [-0.1, -0.05) is 42.5 Å². The van der Waals surface area contributed by atoms with E-state index in [4.69, 9.17) is 4.74 Å². The zero-order valence-corrected chi connectivity index (χ0v) is 16.5. The molecule has 0 aromatic heterocycles. The third-order valence-electron chi connectivity index (χ3n) is 4.70. The van der Waals surface area contributed by atoms with E-state index in [0.717, 1.165) is 6.07 Å². The maximum Gasteiger partial charge on any atom is 0.336 e. The Morgan fingerprint density at radius 3 is 2.44 bits per heavy atom. The molecular formula is C24H16F2N2O4. The van der Waals surface area contributed by atoms with Crippen LogP contribution in [0.5, 0.6) is 5.75 Å². The van der Waals surface area contributed by atoms with E-state index in [1.54, 1.807) is 36.4 Å². The van der Waals surface area contributed by atoms with Crippen LogP contribution in [0.2, 0.25) is 0 Å². The lowest BCUT2D eigenvalue weighted by atomic mass is 10.1. The molecule has 32 heavy (non-hydrogen) atoms. The van der Waals surface area contributed by atoms with Crippen molar-refractivity contribution >= 4 is 29.6 Å². The zero-order chi connectivity index (χ0) is 22.7. The van der Waals surface area contributed by atoms with Gasteiger partial charge in [-0.3, -0.25) is 14.9 Å². The summed E-state index contributed by atoms with van der Waals surface area (Å²) >= 11 is 0. The van der Waals surface area contributed by atoms with Crippen LogP contribution in [0.4, 0.5) is 19.3 Å². The number of hydrogen-bond donors (Lipinski definition) is 1. The number of ether oxygens (including phenoxy) is 1. The van der Waals surface area contributed by atoms with E-state index in [1.807, 2.05) is 5.32 Å². The summed E-state index contributed by atoms with van der Waals surface area (Å²) in [4.78, 5) is 38.2. The first-order chi connectivity index (χ1) is 15.4. The molecule has 0 bridgehead atoms. The number of barbiturate groups is 1. The number of benzene rings is 3. The summed E-state index contributed by atoms with van der Waals surface area (Å²) in [6.45, 7) is 0.0535. The highest BCUT2D eigenvalue weighted by Crippen LogP contribution is 2.27. The van der Waals surface area contributed by atoms with Gasteiger partial charge in [0.05, 0.1) is 5.69 Å². The van der Waals surface area contributed by atoms with E-state index in [2.05, 4.69) is 0 Å². The third kappa shape index (κ3) is 4.24. The molecule has 6 nitrogen and oxygen atoms in total. The average molecular weight is 434 g/mol. The summed E-state index contributed by atoms with van der Waals surface area (Å²) in [6.07, 6.45) is 1.26. The molecule has 4 rings (SSSR count). The predicted molar refractivity (Wildman–Crippen MR) is 113 cm³/mol. The van der Waals surface area contributed by atoms with Crippen LogP contribution in [0.3, 0.4) is 0 Å². The van der Waals surface area contributed by atoms with Crippen molar-refractivity contribution in [2.75, 3.05) is 4.90 Å². The largest absolute Gasteiger partial charge is 0.488 e. The molecule has 3 aromatic rings. The number of para-hydroxylation sites is 2. The maximum atomic E-state index is 14.2. The van der Waals surface area contributed by atoms with E-state index in [-0.39, 0.29) is 17.9 Å². The Hall–Kier alpha value is -4.33. The molecule has 1 fully saturated rings. The molecule has 0 atom stereocenters. The highest BCUT2D eigenvalue weighted by molar-refractivity contribution is 6.39. The van der Waals surface area contributed by atoms with Gasteiger partial charge in [0.25, 0.3) is 11.8 Å². The molecule has 1 aliphatic heterocycles. The molecule has 0 radical (unpaired) electrons. The van der Waals surface area contributed by atoms with Crippen molar-refractivity contribution in [3.05, 3.63) is 101 Å². The van der Waals surface area contributed by atoms with Crippen LogP contribution in [0.15, 0.2) is 78.4 Å².